The Hall–Kier alpha value is -3.43. The summed E-state index contributed by atoms with van der Waals surface area (Å²) in [6.45, 7) is 8.35. The third kappa shape index (κ3) is 6.57. The van der Waals surface area contributed by atoms with Gasteiger partial charge in [-0.3, -0.25) is 4.79 Å². The summed E-state index contributed by atoms with van der Waals surface area (Å²) < 4.78 is 21.2. The lowest BCUT2D eigenvalue weighted by Crippen LogP contribution is -2.33. The number of hydrogen-bond acceptors (Lipinski definition) is 6. The molecule has 41 heavy (non-hydrogen) atoms. The van der Waals surface area contributed by atoms with E-state index < -0.39 is 11.0 Å². The molecule has 8 nitrogen and oxygen atoms in total. The molecule has 1 aliphatic carbocycles. The summed E-state index contributed by atoms with van der Waals surface area (Å²) in [7, 11) is -1.40. The Balaban J connectivity index is 1.47. The van der Waals surface area contributed by atoms with E-state index in [9.17, 15) is 9.00 Å². The normalized spacial score (nSPS) is 18.3. The lowest BCUT2D eigenvalue weighted by atomic mass is 9.83. The van der Waals surface area contributed by atoms with Crippen LogP contribution in [0.15, 0.2) is 53.6 Å². The fourth-order valence-corrected chi connectivity index (χ4v) is 7.14. The topological polar surface area (TPSA) is 110 Å². The van der Waals surface area contributed by atoms with Gasteiger partial charge in [0.25, 0.3) is 0 Å². The number of hydrogen-bond donors (Lipinski definition) is 3. The van der Waals surface area contributed by atoms with Crippen molar-refractivity contribution < 1.29 is 13.7 Å². The maximum Gasteiger partial charge on any atom is 0.231 e. The number of rotatable bonds is 9. The van der Waals surface area contributed by atoms with Crippen molar-refractivity contribution in [3.05, 3.63) is 76.5 Å². The number of amides is 1. The fraction of sp³-hybridized carbons (Fsp3) is 0.438. The van der Waals surface area contributed by atoms with Crippen LogP contribution >= 0.6 is 0 Å². The van der Waals surface area contributed by atoms with Crippen molar-refractivity contribution in [2.45, 2.75) is 76.3 Å². The van der Waals surface area contributed by atoms with E-state index in [4.69, 9.17) is 10.5 Å². The number of carbonyl (C=O) groups excluding carboxylic acids is 1. The molecule has 1 amide bonds. The van der Waals surface area contributed by atoms with E-state index in [0.29, 0.717) is 42.6 Å². The highest BCUT2D eigenvalue weighted by Gasteiger charge is 2.27. The van der Waals surface area contributed by atoms with Gasteiger partial charge in [0.2, 0.25) is 11.8 Å². The molecule has 9 heteroatoms. The van der Waals surface area contributed by atoms with E-state index in [2.05, 4.69) is 46.8 Å². The molecule has 2 heterocycles. The molecule has 1 saturated carbocycles. The van der Waals surface area contributed by atoms with Crippen molar-refractivity contribution in [1.29, 1.82) is 0 Å². The van der Waals surface area contributed by atoms with E-state index in [1.54, 1.807) is 12.3 Å². The third-order valence-electron chi connectivity index (χ3n) is 8.27. The maximum absolute atomic E-state index is 13.5. The van der Waals surface area contributed by atoms with Crippen molar-refractivity contribution in [1.82, 2.24) is 14.6 Å². The number of nitrogen functional groups attached to an aromatic ring is 1. The molecular formula is C32H41N5O3S. The summed E-state index contributed by atoms with van der Waals surface area (Å²) in [4.78, 5) is 18.2. The number of ether oxygens (including phenoxy) is 1. The summed E-state index contributed by atoms with van der Waals surface area (Å²) in [5, 5.41) is 6.61. The van der Waals surface area contributed by atoms with E-state index in [0.717, 1.165) is 52.9 Å². The lowest BCUT2D eigenvalue weighted by molar-refractivity contribution is -0.122. The second kappa shape index (κ2) is 13.0. The van der Waals surface area contributed by atoms with Crippen LogP contribution in [0.5, 0.6) is 5.88 Å². The number of aryl methyl sites for hydroxylation is 1. The first-order chi connectivity index (χ1) is 19.9. The molecule has 2 aromatic carbocycles. The van der Waals surface area contributed by atoms with E-state index in [-0.39, 0.29) is 17.9 Å². The number of nitrogens with one attached hydrogen (secondary N) is 2. The second-order valence-corrected chi connectivity index (χ2v) is 12.5. The van der Waals surface area contributed by atoms with Gasteiger partial charge in [-0.15, -0.1) is 0 Å². The zero-order chi connectivity index (χ0) is 28.9. The molecule has 2 atom stereocenters. The van der Waals surface area contributed by atoms with Crippen LogP contribution in [-0.4, -0.2) is 45.1 Å². The molecule has 1 aliphatic heterocycles. The Bertz CT molecular complexity index is 1420. The highest BCUT2D eigenvalue weighted by Crippen LogP contribution is 2.37. The zero-order valence-electron chi connectivity index (χ0n) is 24.2. The van der Waals surface area contributed by atoms with Crippen molar-refractivity contribution in [3.63, 3.8) is 0 Å². The first-order valence-corrected chi connectivity index (χ1v) is 15.7. The minimum atomic E-state index is -1.40. The number of carbonyl (C=O) groups is 1. The Labute approximate surface area is 245 Å². The van der Waals surface area contributed by atoms with Crippen molar-refractivity contribution >= 4 is 28.3 Å². The quantitative estimate of drug-likeness (QED) is 0.302. The highest BCUT2D eigenvalue weighted by molar-refractivity contribution is 7.82. The minimum absolute atomic E-state index is 0.0626. The molecule has 0 saturated heterocycles. The maximum atomic E-state index is 13.5. The SMILES string of the molecule is CCNc1ccc(C(CC(=O)NC2CCCC2)c2ccc(C)c(CN3CCOc4ncccc4S3=O)c2)c(C)c1N. The summed E-state index contributed by atoms with van der Waals surface area (Å²) in [6.07, 6.45) is 6.42. The molecule has 1 fully saturated rings. The monoisotopic (exact) mass is 575 g/mol. The van der Waals surface area contributed by atoms with Crippen LogP contribution in [0.1, 0.15) is 72.8 Å². The van der Waals surface area contributed by atoms with E-state index >= 15 is 0 Å². The zero-order valence-corrected chi connectivity index (χ0v) is 25.1. The van der Waals surface area contributed by atoms with Gasteiger partial charge in [0.1, 0.15) is 22.5 Å². The van der Waals surface area contributed by atoms with Crippen LogP contribution in [0, 0.1) is 13.8 Å². The van der Waals surface area contributed by atoms with Crippen LogP contribution in [0.2, 0.25) is 0 Å². The summed E-state index contributed by atoms with van der Waals surface area (Å²) in [5.41, 5.74) is 13.5. The molecule has 218 valence electrons. The van der Waals surface area contributed by atoms with Gasteiger partial charge in [-0.25, -0.2) is 13.5 Å². The number of nitrogens with zero attached hydrogens (tertiary/aromatic N) is 2. The van der Waals surface area contributed by atoms with Gasteiger partial charge in [-0.1, -0.05) is 37.1 Å². The number of anilines is 2. The van der Waals surface area contributed by atoms with E-state index in [1.807, 2.05) is 30.3 Å². The fourth-order valence-electron chi connectivity index (χ4n) is 5.91. The first kappa shape index (κ1) is 29.1. The molecule has 5 rings (SSSR count). The van der Waals surface area contributed by atoms with Crippen LogP contribution in [0.25, 0.3) is 0 Å². The molecule has 4 N–H and O–H groups in total. The average molecular weight is 576 g/mol. The molecular weight excluding hydrogens is 534 g/mol. The largest absolute Gasteiger partial charge is 0.475 e. The van der Waals surface area contributed by atoms with Gasteiger partial charge in [0.15, 0.2) is 0 Å². The van der Waals surface area contributed by atoms with Crippen LogP contribution < -0.4 is 21.1 Å². The Morgan fingerprint density at radius 2 is 2.00 bits per heavy atom. The van der Waals surface area contributed by atoms with Crippen LogP contribution in [-0.2, 0) is 22.3 Å². The predicted octanol–water partition coefficient (Wildman–Crippen LogP) is 5.21. The summed E-state index contributed by atoms with van der Waals surface area (Å²) >= 11 is 0. The number of benzene rings is 2. The Morgan fingerprint density at radius 3 is 2.78 bits per heavy atom. The first-order valence-electron chi connectivity index (χ1n) is 14.6. The smallest absolute Gasteiger partial charge is 0.231 e. The molecule has 3 aromatic rings. The number of pyridine rings is 1. The van der Waals surface area contributed by atoms with Gasteiger partial charge < -0.3 is 21.1 Å². The molecule has 0 radical (unpaired) electrons. The number of fused-ring (bicyclic) bond motifs is 1. The van der Waals surface area contributed by atoms with Crippen molar-refractivity contribution in [2.75, 3.05) is 30.7 Å². The van der Waals surface area contributed by atoms with Gasteiger partial charge in [0.05, 0.1) is 11.4 Å². The molecule has 1 aromatic heterocycles. The highest BCUT2D eigenvalue weighted by atomic mass is 32.2. The molecule has 0 bridgehead atoms. The molecule has 0 spiro atoms. The predicted molar refractivity (Wildman–Crippen MR) is 164 cm³/mol. The Morgan fingerprint density at radius 1 is 1.20 bits per heavy atom. The summed E-state index contributed by atoms with van der Waals surface area (Å²) in [6, 6.07) is 14.4. The minimum Gasteiger partial charge on any atom is -0.475 e. The van der Waals surface area contributed by atoms with Gasteiger partial charge in [0, 0.05) is 44.2 Å². The Kier molecular flexibility index (Phi) is 9.25. The average Bonchev–Trinajstić information content (AvgIpc) is 3.42. The van der Waals surface area contributed by atoms with Crippen LogP contribution in [0.3, 0.4) is 0 Å². The van der Waals surface area contributed by atoms with Crippen molar-refractivity contribution in [3.8, 4) is 5.88 Å². The lowest BCUT2D eigenvalue weighted by Gasteiger charge is -2.25. The summed E-state index contributed by atoms with van der Waals surface area (Å²) in [5.74, 6) is 0.325. The van der Waals surface area contributed by atoms with Gasteiger partial charge in [-0.2, -0.15) is 0 Å². The van der Waals surface area contributed by atoms with Crippen molar-refractivity contribution in [2.24, 2.45) is 0 Å². The standard InChI is InChI=1S/C32H41N5O3S/c1-4-34-28-14-13-26(22(3)31(28)33)27(19-30(38)36-25-8-5-6-9-25)23-12-11-21(2)24(18-23)20-37-16-17-40-32-29(41(37)39)10-7-15-35-32/h7,10-15,18,25,27,34H,4-6,8-9,16-17,19-20,33H2,1-3H3,(H,36,38). The van der Waals surface area contributed by atoms with Gasteiger partial charge >= 0.3 is 0 Å². The molecule has 2 unspecified atom stereocenters. The van der Waals surface area contributed by atoms with E-state index in [1.165, 1.54) is 12.8 Å². The van der Waals surface area contributed by atoms with Gasteiger partial charge in [-0.05, 0) is 79.6 Å². The second-order valence-electron chi connectivity index (χ2n) is 11.0. The number of nitrogens with two attached hydrogens (primary N) is 1. The van der Waals surface area contributed by atoms with Crippen LogP contribution in [0.4, 0.5) is 11.4 Å². The molecule has 2 aliphatic rings. The third-order valence-corrected chi connectivity index (χ3v) is 9.74. The number of aromatic nitrogens is 1.